The van der Waals surface area contributed by atoms with Crippen molar-refractivity contribution in [3.05, 3.63) is 0 Å². The summed E-state index contributed by atoms with van der Waals surface area (Å²) < 4.78 is 5.40. The van der Waals surface area contributed by atoms with Crippen molar-refractivity contribution in [2.75, 3.05) is 19.7 Å². The first-order chi connectivity index (χ1) is 7.25. The van der Waals surface area contributed by atoms with Gasteiger partial charge in [0.05, 0.1) is 18.6 Å². The van der Waals surface area contributed by atoms with Gasteiger partial charge in [0.15, 0.2) is 0 Å². The summed E-state index contributed by atoms with van der Waals surface area (Å²) in [5, 5.41) is 6.39. The molecule has 0 bridgehead atoms. The summed E-state index contributed by atoms with van der Waals surface area (Å²) >= 11 is 0. The summed E-state index contributed by atoms with van der Waals surface area (Å²) in [4.78, 5) is 11.8. The lowest BCUT2D eigenvalue weighted by molar-refractivity contribution is -0.125. The van der Waals surface area contributed by atoms with Gasteiger partial charge < -0.3 is 15.4 Å². The normalized spacial score (nSPS) is 36.5. The van der Waals surface area contributed by atoms with Crippen molar-refractivity contribution in [1.82, 2.24) is 10.6 Å². The van der Waals surface area contributed by atoms with E-state index in [2.05, 4.69) is 10.6 Å². The third-order valence-electron chi connectivity index (χ3n) is 3.21. The lowest BCUT2D eigenvalue weighted by Gasteiger charge is -2.24. The van der Waals surface area contributed by atoms with Crippen LogP contribution >= 0.6 is 0 Å². The molecule has 0 aromatic heterocycles. The van der Waals surface area contributed by atoms with E-state index in [4.69, 9.17) is 4.74 Å². The lowest BCUT2D eigenvalue weighted by atomic mass is 10.0. The van der Waals surface area contributed by atoms with Crippen LogP contribution in [0, 0.1) is 5.92 Å². The Morgan fingerprint density at radius 2 is 2.40 bits per heavy atom. The van der Waals surface area contributed by atoms with Crippen molar-refractivity contribution in [3.8, 4) is 0 Å². The molecule has 0 aromatic carbocycles. The van der Waals surface area contributed by atoms with Crippen molar-refractivity contribution in [3.63, 3.8) is 0 Å². The minimum absolute atomic E-state index is 0.0712. The molecule has 0 aromatic rings. The average molecular weight is 212 g/mol. The van der Waals surface area contributed by atoms with Crippen LogP contribution in [0.1, 0.15) is 26.2 Å². The SMILES string of the molecule is CC1CC(C(=O)N[C@@H]2CCCNC2)CO1. The molecular formula is C11H20N2O2. The van der Waals surface area contributed by atoms with Crippen LogP contribution in [0.25, 0.3) is 0 Å². The minimum Gasteiger partial charge on any atom is -0.378 e. The smallest absolute Gasteiger partial charge is 0.225 e. The van der Waals surface area contributed by atoms with Crippen molar-refractivity contribution < 1.29 is 9.53 Å². The van der Waals surface area contributed by atoms with Crippen LogP contribution in [0.4, 0.5) is 0 Å². The zero-order chi connectivity index (χ0) is 10.7. The van der Waals surface area contributed by atoms with Crippen molar-refractivity contribution in [2.45, 2.75) is 38.3 Å². The maximum atomic E-state index is 11.8. The number of carbonyl (C=O) groups excluding carboxylic acids is 1. The highest BCUT2D eigenvalue weighted by atomic mass is 16.5. The van der Waals surface area contributed by atoms with E-state index >= 15 is 0 Å². The Bertz CT molecular complexity index is 227. The maximum Gasteiger partial charge on any atom is 0.225 e. The highest BCUT2D eigenvalue weighted by Gasteiger charge is 2.29. The monoisotopic (exact) mass is 212 g/mol. The molecule has 2 aliphatic rings. The zero-order valence-electron chi connectivity index (χ0n) is 9.29. The van der Waals surface area contributed by atoms with Crippen LogP contribution < -0.4 is 10.6 Å². The van der Waals surface area contributed by atoms with Crippen molar-refractivity contribution in [1.29, 1.82) is 0 Å². The average Bonchev–Trinajstić information content (AvgIpc) is 2.66. The molecule has 0 spiro atoms. The molecule has 15 heavy (non-hydrogen) atoms. The van der Waals surface area contributed by atoms with E-state index in [9.17, 15) is 4.79 Å². The summed E-state index contributed by atoms with van der Waals surface area (Å²) in [5.41, 5.74) is 0. The molecule has 0 saturated carbocycles. The molecule has 4 heteroatoms. The first kappa shape index (κ1) is 10.9. The molecule has 4 nitrogen and oxygen atoms in total. The molecule has 2 unspecified atom stereocenters. The van der Waals surface area contributed by atoms with Crippen LogP contribution in [-0.2, 0) is 9.53 Å². The Kier molecular flexibility index (Phi) is 3.59. The lowest BCUT2D eigenvalue weighted by Crippen LogP contribution is -2.47. The predicted molar refractivity (Wildman–Crippen MR) is 57.6 cm³/mol. The van der Waals surface area contributed by atoms with E-state index in [1.165, 1.54) is 0 Å². The van der Waals surface area contributed by atoms with Gasteiger partial charge in [-0.2, -0.15) is 0 Å². The van der Waals surface area contributed by atoms with Gasteiger partial charge in [-0.25, -0.2) is 0 Å². The van der Waals surface area contributed by atoms with Gasteiger partial charge in [-0.1, -0.05) is 0 Å². The first-order valence-electron chi connectivity index (χ1n) is 5.88. The Hall–Kier alpha value is -0.610. The second-order valence-electron chi connectivity index (χ2n) is 4.63. The first-order valence-corrected chi connectivity index (χ1v) is 5.88. The number of ether oxygens (including phenoxy) is 1. The second-order valence-corrected chi connectivity index (χ2v) is 4.63. The number of hydrogen-bond donors (Lipinski definition) is 2. The molecule has 1 amide bonds. The predicted octanol–water partition coefficient (Wildman–Crippen LogP) is 0.280. The summed E-state index contributed by atoms with van der Waals surface area (Å²) in [6.45, 7) is 4.60. The molecule has 3 atom stereocenters. The van der Waals surface area contributed by atoms with Gasteiger partial charge in [0.2, 0.25) is 5.91 Å². The zero-order valence-corrected chi connectivity index (χ0v) is 9.29. The third-order valence-corrected chi connectivity index (χ3v) is 3.21. The second kappa shape index (κ2) is 4.94. The highest BCUT2D eigenvalue weighted by Crippen LogP contribution is 2.19. The summed E-state index contributed by atoms with van der Waals surface area (Å²) in [6.07, 6.45) is 3.36. The number of nitrogens with one attached hydrogen (secondary N) is 2. The fraction of sp³-hybridized carbons (Fsp3) is 0.909. The molecule has 0 aliphatic carbocycles. The Labute approximate surface area is 90.8 Å². The number of rotatable bonds is 2. The number of piperidine rings is 1. The number of amides is 1. The molecular weight excluding hydrogens is 192 g/mol. The molecule has 0 radical (unpaired) electrons. The van der Waals surface area contributed by atoms with Crippen molar-refractivity contribution in [2.24, 2.45) is 5.92 Å². The molecule has 2 N–H and O–H groups in total. The van der Waals surface area contributed by atoms with Gasteiger partial charge in [-0.3, -0.25) is 4.79 Å². The summed E-state index contributed by atoms with van der Waals surface area (Å²) in [6, 6.07) is 0.321. The Balaban J connectivity index is 1.76. The Morgan fingerprint density at radius 3 is 3.00 bits per heavy atom. The largest absolute Gasteiger partial charge is 0.378 e. The van der Waals surface area contributed by atoms with E-state index in [1.54, 1.807) is 0 Å². The van der Waals surface area contributed by atoms with Gasteiger partial charge in [0.1, 0.15) is 0 Å². The maximum absolute atomic E-state index is 11.8. The highest BCUT2D eigenvalue weighted by molar-refractivity contribution is 5.79. The number of carbonyl (C=O) groups is 1. The Morgan fingerprint density at radius 1 is 1.53 bits per heavy atom. The fourth-order valence-corrected chi connectivity index (χ4v) is 2.29. The van der Waals surface area contributed by atoms with Gasteiger partial charge in [0, 0.05) is 12.6 Å². The topological polar surface area (TPSA) is 50.4 Å². The molecule has 2 rings (SSSR count). The van der Waals surface area contributed by atoms with Gasteiger partial charge >= 0.3 is 0 Å². The van der Waals surface area contributed by atoms with Gasteiger partial charge in [0.25, 0.3) is 0 Å². The number of hydrogen-bond acceptors (Lipinski definition) is 3. The summed E-state index contributed by atoms with van der Waals surface area (Å²) in [7, 11) is 0. The van der Waals surface area contributed by atoms with Crippen LogP contribution in [0.3, 0.4) is 0 Å². The molecule has 2 fully saturated rings. The fourth-order valence-electron chi connectivity index (χ4n) is 2.29. The van der Waals surface area contributed by atoms with E-state index in [0.717, 1.165) is 32.4 Å². The van der Waals surface area contributed by atoms with E-state index in [1.807, 2.05) is 6.92 Å². The molecule has 2 aliphatic heterocycles. The van der Waals surface area contributed by atoms with E-state index in [-0.39, 0.29) is 17.9 Å². The molecule has 2 heterocycles. The van der Waals surface area contributed by atoms with Gasteiger partial charge in [-0.05, 0) is 32.7 Å². The van der Waals surface area contributed by atoms with E-state index in [0.29, 0.717) is 12.6 Å². The van der Waals surface area contributed by atoms with Crippen molar-refractivity contribution >= 4 is 5.91 Å². The van der Waals surface area contributed by atoms with E-state index < -0.39 is 0 Å². The van der Waals surface area contributed by atoms with Gasteiger partial charge in [-0.15, -0.1) is 0 Å². The van der Waals surface area contributed by atoms with Crippen LogP contribution in [0.5, 0.6) is 0 Å². The van der Waals surface area contributed by atoms with Crippen LogP contribution in [0.2, 0.25) is 0 Å². The molecule has 86 valence electrons. The quantitative estimate of drug-likeness (QED) is 0.691. The standard InChI is InChI=1S/C11H20N2O2/c1-8-5-9(7-15-8)11(14)13-10-3-2-4-12-6-10/h8-10,12H,2-7H2,1H3,(H,13,14)/t8?,9?,10-/m1/s1. The van der Waals surface area contributed by atoms with Crippen LogP contribution in [0.15, 0.2) is 0 Å². The molecule has 2 saturated heterocycles. The summed E-state index contributed by atoms with van der Waals surface area (Å²) in [5.74, 6) is 0.245. The van der Waals surface area contributed by atoms with Crippen LogP contribution in [-0.4, -0.2) is 37.7 Å². The third kappa shape index (κ3) is 2.92. The minimum atomic E-state index is 0.0712.